The number of aliphatic imine (C=N–C) groups is 1. The highest BCUT2D eigenvalue weighted by Gasteiger charge is 2.00. The lowest BCUT2D eigenvalue weighted by Gasteiger charge is -2.05. The van der Waals surface area contributed by atoms with Gasteiger partial charge in [-0.05, 0) is 24.3 Å². The van der Waals surface area contributed by atoms with Gasteiger partial charge in [-0.25, -0.2) is 4.99 Å². The van der Waals surface area contributed by atoms with E-state index in [9.17, 15) is 0 Å². The highest BCUT2D eigenvalue weighted by atomic mass is 15.1. The number of hydrogen-bond acceptors (Lipinski definition) is 2. The molecule has 4 heteroatoms. The van der Waals surface area contributed by atoms with E-state index in [0.29, 0.717) is 11.3 Å². The zero-order valence-corrected chi connectivity index (χ0v) is 9.67. The summed E-state index contributed by atoms with van der Waals surface area (Å²) in [5.41, 5.74) is 7.70. The fourth-order valence-corrected chi connectivity index (χ4v) is 1.49. The van der Waals surface area contributed by atoms with E-state index >= 15 is 0 Å². The average molecular weight is 236 g/mol. The minimum Gasteiger partial charge on any atom is -0.369 e. The van der Waals surface area contributed by atoms with E-state index in [1.807, 2.05) is 36.4 Å². The summed E-state index contributed by atoms with van der Waals surface area (Å²) in [7, 11) is 0. The van der Waals surface area contributed by atoms with E-state index in [4.69, 9.17) is 11.0 Å². The van der Waals surface area contributed by atoms with Crippen molar-refractivity contribution in [3.63, 3.8) is 0 Å². The molecule has 3 N–H and O–H groups in total. The normalized spacial score (nSPS) is 10.7. The van der Waals surface area contributed by atoms with Crippen molar-refractivity contribution in [2.75, 3.05) is 5.32 Å². The number of nitrogens with zero attached hydrogens (tertiary/aromatic N) is 2. The molecule has 0 saturated heterocycles. The van der Waals surface area contributed by atoms with Crippen LogP contribution in [0.1, 0.15) is 5.56 Å². The predicted octanol–water partition coefficient (Wildman–Crippen LogP) is 2.62. The topological polar surface area (TPSA) is 74.2 Å². The van der Waals surface area contributed by atoms with Gasteiger partial charge >= 0.3 is 0 Å². The first-order valence-corrected chi connectivity index (χ1v) is 5.45. The molecule has 0 atom stereocenters. The van der Waals surface area contributed by atoms with Gasteiger partial charge in [-0.1, -0.05) is 30.3 Å². The summed E-state index contributed by atoms with van der Waals surface area (Å²) in [6, 6.07) is 18.6. The molecule has 0 radical (unpaired) electrons. The summed E-state index contributed by atoms with van der Waals surface area (Å²) in [5, 5.41) is 11.9. The molecule has 0 aliphatic heterocycles. The molecule has 0 saturated carbocycles. The quantitative estimate of drug-likeness (QED) is 0.621. The second-order valence-electron chi connectivity index (χ2n) is 3.62. The molecule has 2 aromatic rings. The van der Waals surface area contributed by atoms with Crippen molar-refractivity contribution in [2.45, 2.75) is 0 Å². The molecule has 0 heterocycles. The number of rotatable bonds is 2. The summed E-state index contributed by atoms with van der Waals surface area (Å²) < 4.78 is 0. The third-order valence-electron chi connectivity index (χ3n) is 2.31. The van der Waals surface area contributed by atoms with Crippen molar-refractivity contribution in [1.82, 2.24) is 0 Å². The second-order valence-corrected chi connectivity index (χ2v) is 3.62. The van der Waals surface area contributed by atoms with Crippen molar-refractivity contribution in [3.8, 4) is 6.07 Å². The van der Waals surface area contributed by atoms with Gasteiger partial charge in [0.05, 0.1) is 11.3 Å². The van der Waals surface area contributed by atoms with Crippen LogP contribution >= 0.6 is 0 Å². The Balaban J connectivity index is 2.21. The Morgan fingerprint density at radius 2 is 1.72 bits per heavy atom. The largest absolute Gasteiger partial charge is 0.369 e. The molecule has 2 aromatic carbocycles. The van der Waals surface area contributed by atoms with E-state index < -0.39 is 0 Å². The van der Waals surface area contributed by atoms with E-state index in [1.165, 1.54) is 0 Å². The van der Waals surface area contributed by atoms with E-state index in [1.54, 1.807) is 18.2 Å². The molecule has 0 aliphatic carbocycles. The lowest BCUT2D eigenvalue weighted by Crippen LogP contribution is -2.21. The molecule has 0 spiro atoms. The Morgan fingerprint density at radius 3 is 2.44 bits per heavy atom. The van der Waals surface area contributed by atoms with Gasteiger partial charge in [0.1, 0.15) is 6.07 Å². The molecule has 0 fully saturated rings. The maximum atomic E-state index is 8.94. The fraction of sp³-hybridized carbons (Fsp3) is 0. The smallest absolute Gasteiger partial charge is 0.198 e. The van der Waals surface area contributed by atoms with Crippen LogP contribution in [0.4, 0.5) is 11.4 Å². The number of nitrogens with two attached hydrogens (primary N) is 1. The van der Waals surface area contributed by atoms with Gasteiger partial charge in [0.25, 0.3) is 0 Å². The highest BCUT2D eigenvalue weighted by molar-refractivity contribution is 5.94. The van der Waals surface area contributed by atoms with Gasteiger partial charge in [-0.2, -0.15) is 5.26 Å². The van der Waals surface area contributed by atoms with Crippen LogP contribution in [0, 0.1) is 11.3 Å². The van der Waals surface area contributed by atoms with Gasteiger partial charge < -0.3 is 11.1 Å². The summed E-state index contributed by atoms with van der Waals surface area (Å²) >= 11 is 0. The summed E-state index contributed by atoms with van der Waals surface area (Å²) in [6.45, 7) is 0. The van der Waals surface area contributed by atoms with Crippen molar-refractivity contribution in [2.24, 2.45) is 10.7 Å². The first-order chi connectivity index (χ1) is 8.79. The number of hydrogen-bond donors (Lipinski definition) is 2. The Kier molecular flexibility index (Phi) is 3.57. The molecule has 0 unspecified atom stereocenters. The van der Waals surface area contributed by atoms with Crippen LogP contribution in [-0.2, 0) is 0 Å². The predicted molar refractivity (Wildman–Crippen MR) is 72.5 cm³/mol. The molecule has 4 nitrogen and oxygen atoms in total. The van der Waals surface area contributed by atoms with Crippen molar-refractivity contribution < 1.29 is 0 Å². The van der Waals surface area contributed by atoms with Crippen molar-refractivity contribution in [3.05, 3.63) is 60.2 Å². The van der Waals surface area contributed by atoms with Gasteiger partial charge in [-0.3, -0.25) is 0 Å². The SMILES string of the molecule is N#Cc1ccccc1N=C(N)Nc1ccccc1. The summed E-state index contributed by atoms with van der Waals surface area (Å²) in [6.07, 6.45) is 0. The first-order valence-electron chi connectivity index (χ1n) is 5.45. The maximum absolute atomic E-state index is 8.94. The van der Waals surface area contributed by atoms with Crippen LogP contribution in [0.3, 0.4) is 0 Å². The summed E-state index contributed by atoms with van der Waals surface area (Å²) in [5.74, 6) is 0.254. The Labute approximate surface area is 105 Å². The average Bonchev–Trinajstić information content (AvgIpc) is 2.40. The van der Waals surface area contributed by atoms with Crippen LogP contribution in [0.15, 0.2) is 59.6 Å². The van der Waals surface area contributed by atoms with E-state index in [-0.39, 0.29) is 5.96 Å². The lowest BCUT2D eigenvalue weighted by molar-refractivity contribution is 1.40. The molecular weight excluding hydrogens is 224 g/mol. The minimum absolute atomic E-state index is 0.254. The molecule has 88 valence electrons. The van der Waals surface area contributed by atoms with Gasteiger partial charge in [0.15, 0.2) is 5.96 Å². The molecule has 18 heavy (non-hydrogen) atoms. The molecule has 0 aromatic heterocycles. The molecule has 0 amide bonds. The van der Waals surface area contributed by atoms with Crippen LogP contribution in [-0.4, -0.2) is 5.96 Å². The number of benzene rings is 2. The zero-order chi connectivity index (χ0) is 12.8. The lowest BCUT2D eigenvalue weighted by atomic mass is 10.2. The van der Waals surface area contributed by atoms with Crippen LogP contribution < -0.4 is 11.1 Å². The van der Waals surface area contributed by atoms with Crippen molar-refractivity contribution in [1.29, 1.82) is 5.26 Å². The number of anilines is 1. The van der Waals surface area contributed by atoms with Crippen LogP contribution in [0.25, 0.3) is 0 Å². The standard InChI is InChI=1S/C14H12N4/c15-10-11-6-4-5-9-13(11)18-14(16)17-12-7-2-1-3-8-12/h1-9H,(H3,16,17,18). The maximum Gasteiger partial charge on any atom is 0.198 e. The molecule has 2 rings (SSSR count). The highest BCUT2D eigenvalue weighted by Crippen LogP contribution is 2.17. The minimum atomic E-state index is 0.254. The first kappa shape index (κ1) is 11.7. The number of nitriles is 1. The number of nitrogens with one attached hydrogen (secondary N) is 1. The van der Waals surface area contributed by atoms with Gasteiger partial charge in [0, 0.05) is 5.69 Å². The van der Waals surface area contributed by atoms with Crippen LogP contribution in [0.5, 0.6) is 0 Å². The number of guanidine groups is 1. The van der Waals surface area contributed by atoms with E-state index in [0.717, 1.165) is 5.69 Å². The Hall–Kier alpha value is -2.80. The number of para-hydroxylation sites is 2. The van der Waals surface area contributed by atoms with E-state index in [2.05, 4.69) is 16.4 Å². The molecular formula is C14H12N4. The van der Waals surface area contributed by atoms with Crippen LogP contribution in [0.2, 0.25) is 0 Å². The molecule has 0 aliphatic rings. The third kappa shape index (κ3) is 2.86. The second kappa shape index (κ2) is 5.51. The zero-order valence-electron chi connectivity index (χ0n) is 9.67. The van der Waals surface area contributed by atoms with Crippen molar-refractivity contribution >= 4 is 17.3 Å². The van der Waals surface area contributed by atoms with Gasteiger partial charge in [-0.15, -0.1) is 0 Å². The fourth-order valence-electron chi connectivity index (χ4n) is 1.49. The monoisotopic (exact) mass is 236 g/mol. The third-order valence-corrected chi connectivity index (χ3v) is 2.31. The summed E-state index contributed by atoms with van der Waals surface area (Å²) in [4.78, 5) is 4.19. The Morgan fingerprint density at radius 1 is 1.06 bits per heavy atom. The molecule has 0 bridgehead atoms. The van der Waals surface area contributed by atoms with Gasteiger partial charge in [0.2, 0.25) is 0 Å². The Bertz CT molecular complexity index is 597.